The van der Waals surface area contributed by atoms with Crippen LogP contribution in [0.2, 0.25) is 5.02 Å². The monoisotopic (exact) mass is 486 g/mol. The van der Waals surface area contributed by atoms with Crippen LogP contribution >= 0.6 is 11.6 Å². The van der Waals surface area contributed by atoms with Crippen molar-refractivity contribution in [2.24, 2.45) is 0 Å². The number of amides is 1. The maximum absolute atomic E-state index is 13.1. The Kier molecular flexibility index (Phi) is 8.13. The van der Waals surface area contributed by atoms with Gasteiger partial charge in [0, 0.05) is 5.69 Å². The molecule has 0 spiro atoms. The van der Waals surface area contributed by atoms with E-state index in [0.717, 1.165) is 11.1 Å². The Morgan fingerprint density at radius 3 is 2.24 bits per heavy atom. The van der Waals surface area contributed by atoms with Crippen LogP contribution in [0.5, 0.6) is 5.75 Å². The van der Waals surface area contributed by atoms with Crippen molar-refractivity contribution in [3.05, 3.63) is 88.9 Å². The van der Waals surface area contributed by atoms with Gasteiger partial charge in [-0.1, -0.05) is 67.9 Å². The zero-order valence-electron chi connectivity index (χ0n) is 18.7. The predicted molar refractivity (Wildman–Crippen MR) is 131 cm³/mol. The Morgan fingerprint density at radius 2 is 1.67 bits per heavy atom. The standard InChI is InChI=1S/C25H27ClN2O4S/c1-17(2)19-9-11-20(12-10-19)27-25(29)23(15-18-7-5-4-6-8-18)28-33(30,31)21-13-14-24(32-3)22(26)16-21/h4-14,16-17,23,28H,15H2,1-3H3,(H,27,29)/t23-/m1/s1. The first-order valence-electron chi connectivity index (χ1n) is 10.5. The summed E-state index contributed by atoms with van der Waals surface area (Å²) in [4.78, 5) is 13.1. The molecule has 0 heterocycles. The fourth-order valence-corrected chi connectivity index (χ4v) is 4.83. The topological polar surface area (TPSA) is 84.5 Å². The van der Waals surface area contributed by atoms with Gasteiger partial charge in [-0.05, 0) is 53.8 Å². The molecule has 6 nitrogen and oxygen atoms in total. The molecule has 0 unspecified atom stereocenters. The minimum Gasteiger partial charge on any atom is -0.495 e. The Bertz CT molecular complexity index is 1200. The third kappa shape index (κ3) is 6.57. The minimum absolute atomic E-state index is 0.0551. The van der Waals surface area contributed by atoms with Crippen LogP contribution in [0.25, 0.3) is 0 Å². The fraction of sp³-hybridized carbons (Fsp3) is 0.240. The zero-order chi connectivity index (χ0) is 24.0. The summed E-state index contributed by atoms with van der Waals surface area (Å²) in [7, 11) is -2.59. The van der Waals surface area contributed by atoms with E-state index in [0.29, 0.717) is 17.4 Å². The van der Waals surface area contributed by atoms with Crippen LogP contribution in [0, 0.1) is 0 Å². The molecule has 0 saturated carbocycles. The molecular formula is C25H27ClN2O4S. The second-order valence-corrected chi connectivity index (χ2v) is 10.0. The summed E-state index contributed by atoms with van der Waals surface area (Å²) in [5, 5.41) is 2.98. The van der Waals surface area contributed by atoms with Crippen molar-refractivity contribution in [3.63, 3.8) is 0 Å². The first-order valence-corrected chi connectivity index (χ1v) is 12.4. The molecule has 0 aromatic heterocycles. The van der Waals surface area contributed by atoms with Crippen LogP contribution in [-0.2, 0) is 21.2 Å². The van der Waals surface area contributed by atoms with E-state index in [1.165, 1.54) is 25.3 Å². The summed E-state index contributed by atoms with van der Waals surface area (Å²) in [6.07, 6.45) is 0.180. The van der Waals surface area contributed by atoms with Gasteiger partial charge in [0.2, 0.25) is 15.9 Å². The van der Waals surface area contributed by atoms with Crippen LogP contribution in [0.4, 0.5) is 5.69 Å². The van der Waals surface area contributed by atoms with Gasteiger partial charge in [0.15, 0.2) is 0 Å². The number of hydrogen-bond donors (Lipinski definition) is 2. The van der Waals surface area contributed by atoms with Crippen LogP contribution < -0.4 is 14.8 Å². The summed E-state index contributed by atoms with van der Waals surface area (Å²) in [6, 6.07) is 19.8. The number of anilines is 1. The summed E-state index contributed by atoms with van der Waals surface area (Å²) in [6.45, 7) is 4.17. The first-order chi connectivity index (χ1) is 15.7. The van der Waals surface area contributed by atoms with E-state index in [1.807, 2.05) is 54.6 Å². The number of carbonyl (C=O) groups is 1. The van der Waals surface area contributed by atoms with E-state index >= 15 is 0 Å². The van der Waals surface area contributed by atoms with Gasteiger partial charge in [0.1, 0.15) is 11.8 Å². The van der Waals surface area contributed by atoms with Gasteiger partial charge in [0.05, 0.1) is 17.0 Å². The lowest BCUT2D eigenvalue weighted by Crippen LogP contribution is -2.45. The van der Waals surface area contributed by atoms with Gasteiger partial charge in [-0.25, -0.2) is 8.42 Å². The van der Waals surface area contributed by atoms with E-state index < -0.39 is 22.0 Å². The van der Waals surface area contributed by atoms with Gasteiger partial charge in [-0.3, -0.25) is 4.79 Å². The van der Waals surface area contributed by atoms with Crippen molar-refractivity contribution >= 4 is 33.2 Å². The molecule has 0 aliphatic heterocycles. The van der Waals surface area contributed by atoms with Crippen LogP contribution in [0.1, 0.15) is 30.9 Å². The number of carbonyl (C=O) groups excluding carboxylic acids is 1. The highest BCUT2D eigenvalue weighted by Gasteiger charge is 2.27. The van der Waals surface area contributed by atoms with E-state index in [2.05, 4.69) is 23.9 Å². The summed E-state index contributed by atoms with van der Waals surface area (Å²) >= 11 is 6.11. The lowest BCUT2D eigenvalue weighted by Gasteiger charge is -2.19. The third-order valence-electron chi connectivity index (χ3n) is 5.17. The van der Waals surface area contributed by atoms with E-state index in [4.69, 9.17) is 16.3 Å². The van der Waals surface area contributed by atoms with Gasteiger partial charge in [0.25, 0.3) is 0 Å². The van der Waals surface area contributed by atoms with E-state index in [9.17, 15) is 13.2 Å². The highest BCUT2D eigenvalue weighted by molar-refractivity contribution is 7.89. The van der Waals surface area contributed by atoms with Crippen molar-refractivity contribution in [1.82, 2.24) is 4.72 Å². The van der Waals surface area contributed by atoms with Crippen LogP contribution in [0.3, 0.4) is 0 Å². The smallest absolute Gasteiger partial charge is 0.242 e. The second-order valence-electron chi connectivity index (χ2n) is 7.93. The molecule has 33 heavy (non-hydrogen) atoms. The number of benzene rings is 3. The molecule has 0 aliphatic rings. The molecule has 3 aromatic carbocycles. The molecule has 3 rings (SSSR count). The van der Waals surface area contributed by atoms with Gasteiger partial charge in [-0.15, -0.1) is 0 Å². The summed E-state index contributed by atoms with van der Waals surface area (Å²) in [5.74, 6) is 0.266. The Hall–Kier alpha value is -2.87. The number of rotatable bonds is 9. The average molecular weight is 487 g/mol. The fourth-order valence-electron chi connectivity index (χ4n) is 3.29. The maximum atomic E-state index is 13.1. The summed E-state index contributed by atoms with van der Waals surface area (Å²) < 4.78 is 33.8. The number of methoxy groups -OCH3 is 1. The Morgan fingerprint density at radius 1 is 1.00 bits per heavy atom. The molecule has 0 bridgehead atoms. The number of hydrogen-bond acceptors (Lipinski definition) is 4. The average Bonchev–Trinajstić information content (AvgIpc) is 2.79. The van der Waals surface area contributed by atoms with Gasteiger partial charge >= 0.3 is 0 Å². The molecule has 1 atom stereocenters. The second kappa shape index (κ2) is 10.8. The largest absolute Gasteiger partial charge is 0.495 e. The van der Waals surface area contributed by atoms with Crippen molar-refractivity contribution in [2.45, 2.75) is 37.1 Å². The normalized spacial score (nSPS) is 12.4. The predicted octanol–water partition coefficient (Wildman–Crippen LogP) is 5.00. The first kappa shape index (κ1) is 24.8. The molecule has 1 amide bonds. The minimum atomic E-state index is -4.03. The van der Waals surface area contributed by atoms with E-state index in [-0.39, 0.29) is 16.3 Å². The number of halogens is 1. The number of sulfonamides is 1. The Labute approximate surface area is 200 Å². The SMILES string of the molecule is COc1ccc(S(=O)(=O)N[C@H](Cc2ccccc2)C(=O)Nc2ccc(C(C)C)cc2)cc1Cl. The number of nitrogens with one attached hydrogen (secondary N) is 2. The highest BCUT2D eigenvalue weighted by atomic mass is 35.5. The molecule has 174 valence electrons. The number of ether oxygens (including phenoxy) is 1. The molecule has 0 radical (unpaired) electrons. The lowest BCUT2D eigenvalue weighted by atomic mass is 10.0. The lowest BCUT2D eigenvalue weighted by molar-refractivity contribution is -0.117. The molecule has 2 N–H and O–H groups in total. The van der Waals surface area contributed by atoms with Crippen molar-refractivity contribution < 1.29 is 17.9 Å². The van der Waals surface area contributed by atoms with Crippen molar-refractivity contribution in [1.29, 1.82) is 0 Å². The molecule has 0 aliphatic carbocycles. The Balaban J connectivity index is 1.85. The molecular weight excluding hydrogens is 460 g/mol. The van der Waals surface area contributed by atoms with Gasteiger partial charge in [-0.2, -0.15) is 4.72 Å². The molecule has 3 aromatic rings. The van der Waals surface area contributed by atoms with Crippen LogP contribution in [-0.4, -0.2) is 27.5 Å². The maximum Gasteiger partial charge on any atom is 0.242 e. The molecule has 0 saturated heterocycles. The van der Waals surface area contributed by atoms with Crippen molar-refractivity contribution in [2.75, 3.05) is 12.4 Å². The zero-order valence-corrected chi connectivity index (χ0v) is 20.3. The van der Waals surface area contributed by atoms with Crippen molar-refractivity contribution in [3.8, 4) is 5.75 Å². The van der Waals surface area contributed by atoms with Gasteiger partial charge < -0.3 is 10.1 Å². The highest BCUT2D eigenvalue weighted by Crippen LogP contribution is 2.27. The third-order valence-corrected chi connectivity index (χ3v) is 6.94. The van der Waals surface area contributed by atoms with Crippen LogP contribution in [0.15, 0.2) is 77.7 Å². The molecule has 0 fully saturated rings. The van der Waals surface area contributed by atoms with E-state index in [1.54, 1.807) is 0 Å². The quantitative estimate of drug-likeness (QED) is 0.445. The summed E-state index contributed by atoms with van der Waals surface area (Å²) in [5.41, 5.74) is 2.56. The molecule has 8 heteroatoms.